The lowest BCUT2D eigenvalue weighted by molar-refractivity contribution is -0.172. The third-order valence-electron chi connectivity index (χ3n) is 2.23. The van der Waals surface area contributed by atoms with Crippen LogP contribution in [0.4, 0.5) is 13.2 Å². The van der Waals surface area contributed by atoms with Gasteiger partial charge in [0, 0.05) is 12.6 Å². The smallest absolute Gasteiger partial charge is 0.327 e. The van der Waals surface area contributed by atoms with Crippen molar-refractivity contribution in [2.45, 2.75) is 25.1 Å². The summed E-state index contributed by atoms with van der Waals surface area (Å²) in [5, 5.41) is 0. The van der Waals surface area contributed by atoms with Gasteiger partial charge < -0.3 is 5.73 Å². The second kappa shape index (κ2) is 4.27. The SMILES string of the molecule is N[C@H]1CCCN(CC(=O)C(F)(F)F)C1. The van der Waals surface area contributed by atoms with E-state index in [9.17, 15) is 18.0 Å². The van der Waals surface area contributed by atoms with Crippen LogP contribution in [0, 0.1) is 0 Å². The number of nitrogens with zero attached hydrogens (tertiary/aromatic N) is 1. The molecular weight excluding hydrogens is 197 g/mol. The summed E-state index contributed by atoms with van der Waals surface area (Å²) in [4.78, 5) is 12.1. The molecule has 0 radical (unpaired) electrons. The van der Waals surface area contributed by atoms with Gasteiger partial charge in [0.15, 0.2) is 0 Å². The normalized spacial score (nSPS) is 25.0. The van der Waals surface area contributed by atoms with Crippen LogP contribution in [0.2, 0.25) is 0 Å². The number of rotatable bonds is 2. The first kappa shape index (κ1) is 11.5. The largest absolute Gasteiger partial charge is 0.451 e. The van der Waals surface area contributed by atoms with Gasteiger partial charge in [0.1, 0.15) is 0 Å². The quantitative estimate of drug-likeness (QED) is 0.723. The first-order chi connectivity index (χ1) is 6.39. The van der Waals surface area contributed by atoms with Crippen LogP contribution in [-0.2, 0) is 4.79 Å². The molecule has 1 aliphatic rings. The fourth-order valence-electron chi connectivity index (χ4n) is 1.53. The van der Waals surface area contributed by atoms with Crippen molar-refractivity contribution in [3.8, 4) is 0 Å². The number of halogens is 3. The van der Waals surface area contributed by atoms with Gasteiger partial charge in [-0.15, -0.1) is 0 Å². The third kappa shape index (κ3) is 3.26. The van der Waals surface area contributed by atoms with Crippen LogP contribution >= 0.6 is 0 Å². The van der Waals surface area contributed by atoms with Gasteiger partial charge in [-0.25, -0.2) is 0 Å². The topological polar surface area (TPSA) is 46.3 Å². The average molecular weight is 210 g/mol. The summed E-state index contributed by atoms with van der Waals surface area (Å²) in [6.45, 7) is 0.342. The number of nitrogens with two attached hydrogens (primary N) is 1. The standard InChI is InChI=1S/C8H13F3N2O/c9-8(10,11)7(14)5-13-3-1-2-6(12)4-13/h6H,1-5,12H2/t6-/m0/s1. The van der Waals surface area contributed by atoms with Crippen molar-refractivity contribution in [1.82, 2.24) is 4.90 Å². The van der Waals surface area contributed by atoms with Crippen LogP contribution in [0.25, 0.3) is 0 Å². The molecule has 82 valence electrons. The van der Waals surface area contributed by atoms with E-state index in [0.29, 0.717) is 13.1 Å². The molecule has 2 N–H and O–H groups in total. The van der Waals surface area contributed by atoms with Gasteiger partial charge >= 0.3 is 6.18 Å². The Morgan fingerprint density at radius 2 is 2.14 bits per heavy atom. The monoisotopic (exact) mass is 210 g/mol. The summed E-state index contributed by atoms with van der Waals surface area (Å²) in [7, 11) is 0. The van der Waals surface area contributed by atoms with E-state index in [2.05, 4.69) is 0 Å². The van der Waals surface area contributed by atoms with E-state index < -0.39 is 18.5 Å². The molecule has 1 saturated heterocycles. The van der Waals surface area contributed by atoms with Crippen LogP contribution in [0.1, 0.15) is 12.8 Å². The maximum Gasteiger partial charge on any atom is 0.451 e. The summed E-state index contributed by atoms with van der Waals surface area (Å²) in [5.74, 6) is -1.69. The number of likely N-dealkylation sites (tertiary alicyclic amines) is 1. The molecule has 1 aliphatic heterocycles. The Bertz CT molecular complexity index is 217. The Kier molecular flexibility index (Phi) is 3.49. The predicted octanol–water partition coefficient (Wildman–Crippen LogP) is 0.541. The molecule has 0 unspecified atom stereocenters. The molecule has 1 rings (SSSR count). The van der Waals surface area contributed by atoms with E-state index in [0.717, 1.165) is 12.8 Å². The van der Waals surface area contributed by atoms with Crippen LogP contribution in [0.3, 0.4) is 0 Å². The molecule has 0 saturated carbocycles. The Balaban J connectivity index is 2.40. The number of alkyl halides is 3. The molecule has 1 atom stereocenters. The number of carbonyl (C=O) groups excluding carboxylic acids is 1. The summed E-state index contributed by atoms with van der Waals surface area (Å²) in [6, 6.07) is -0.107. The van der Waals surface area contributed by atoms with Crippen molar-refractivity contribution >= 4 is 5.78 Å². The van der Waals surface area contributed by atoms with Gasteiger partial charge in [0.05, 0.1) is 6.54 Å². The van der Waals surface area contributed by atoms with Crippen LogP contribution in [0.15, 0.2) is 0 Å². The van der Waals surface area contributed by atoms with Crippen LogP contribution in [-0.4, -0.2) is 42.5 Å². The average Bonchev–Trinajstić information content (AvgIpc) is 2.02. The molecular formula is C8H13F3N2O. The second-order valence-electron chi connectivity index (χ2n) is 3.56. The zero-order valence-electron chi connectivity index (χ0n) is 7.68. The zero-order valence-corrected chi connectivity index (χ0v) is 7.68. The van der Waals surface area contributed by atoms with Gasteiger partial charge in [-0.1, -0.05) is 0 Å². The summed E-state index contributed by atoms with van der Waals surface area (Å²) in [6.07, 6.45) is -3.15. The van der Waals surface area contributed by atoms with Crippen LogP contribution < -0.4 is 5.73 Å². The fourth-order valence-corrected chi connectivity index (χ4v) is 1.53. The minimum atomic E-state index is -4.72. The Hall–Kier alpha value is -0.620. The van der Waals surface area contributed by atoms with E-state index in [1.54, 1.807) is 0 Å². The molecule has 6 heteroatoms. The lowest BCUT2D eigenvalue weighted by Crippen LogP contribution is -2.46. The highest BCUT2D eigenvalue weighted by Crippen LogP contribution is 2.17. The molecule has 14 heavy (non-hydrogen) atoms. The lowest BCUT2D eigenvalue weighted by atomic mass is 10.1. The van der Waals surface area contributed by atoms with E-state index in [-0.39, 0.29) is 6.04 Å². The molecule has 1 fully saturated rings. The Morgan fingerprint density at radius 1 is 1.50 bits per heavy atom. The van der Waals surface area contributed by atoms with E-state index in [1.807, 2.05) is 0 Å². The lowest BCUT2D eigenvalue weighted by Gasteiger charge is -2.30. The molecule has 1 heterocycles. The van der Waals surface area contributed by atoms with Crippen molar-refractivity contribution in [1.29, 1.82) is 0 Å². The maximum absolute atomic E-state index is 11.9. The highest BCUT2D eigenvalue weighted by atomic mass is 19.4. The predicted molar refractivity (Wildman–Crippen MR) is 44.7 cm³/mol. The third-order valence-corrected chi connectivity index (χ3v) is 2.23. The Labute approximate surface area is 80.0 Å². The highest BCUT2D eigenvalue weighted by Gasteiger charge is 2.39. The molecule has 3 nitrogen and oxygen atoms in total. The van der Waals surface area contributed by atoms with E-state index >= 15 is 0 Å². The van der Waals surface area contributed by atoms with Crippen molar-refractivity contribution in [3.05, 3.63) is 0 Å². The molecule has 0 bridgehead atoms. The fraction of sp³-hybridized carbons (Fsp3) is 0.875. The zero-order chi connectivity index (χ0) is 10.8. The van der Waals surface area contributed by atoms with Gasteiger partial charge in [0.2, 0.25) is 5.78 Å². The molecule has 0 spiro atoms. The maximum atomic E-state index is 11.9. The summed E-state index contributed by atoms with van der Waals surface area (Å²) in [5.41, 5.74) is 5.58. The van der Waals surface area contributed by atoms with E-state index in [4.69, 9.17) is 5.73 Å². The van der Waals surface area contributed by atoms with Gasteiger partial charge in [0.25, 0.3) is 0 Å². The summed E-state index contributed by atoms with van der Waals surface area (Å²) >= 11 is 0. The minimum absolute atomic E-state index is 0.107. The number of Topliss-reactive ketones (excluding diaryl/α,β-unsaturated/α-hetero) is 1. The van der Waals surface area contributed by atoms with Gasteiger partial charge in [-0.3, -0.25) is 9.69 Å². The number of piperidine rings is 1. The molecule has 0 aromatic carbocycles. The second-order valence-corrected chi connectivity index (χ2v) is 3.56. The number of ketones is 1. The van der Waals surface area contributed by atoms with Crippen molar-refractivity contribution in [2.75, 3.05) is 19.6 Å². The first-order valence-corrected chi connectivity index (χ1v) is 4.47. The number of hydrogen-bond acceptors (Lipinski definition) is 3. The van der Waals surface area contributed by atoms with Gasteiger partial charge in [-0.2, -0.15) is 13.2 Å². The number of hydrogen-bond donors (Lipinski definition) is 1. The van der Waals surface area contributed by atoms with E-state index in [1.165, 1.54) is 4.90 Å². The molecule has 0 aromatic heterocycles. The molecule has 0 aliphatic carbocycles. The van der Waals surface area contributed by atoms with Crippen LogP contribution in [0.5, 0.6) is 0 Å². The number of carbonyl (C=O) groups is 1. The van der Waals surface area contributed by atoms with Crippen molar-refractivity contribution in [2.24, 2.45) is 5.73 Å². The minimum Gasteiger partial charge on any atom is -0.327 e. The molecule has 0 aromatic rings. The highest BCUT2D eigenvalue weighted by molar-refractivity contribution is 5.85. The van der Waals surface area contributed by atoms with Crippen molar-refractivity contribution in [3.63, 3.8) is 0 Å². The first-order valence-electron chi connectivity index (χ1n) is 4.47. The van der Waals surface area contributed by atoms with Gasteiger partial charge in [-0.05, 0) is 19.4 Å². The Morgan fingerprint density at radius 3 is 2.64 bits per heavy atom. The van der Waals surface area contributed by atoms with Crippen molar-refractivity contribution < 1.29 is 18.0 Å². The molecule has 0 amide bonds. The summed E-state index contributed by atoms with van der Waals surface area (Å²) < 4.78 is 35.7.